The Labute approximate surface area is 119 Å². The number of nitrogens with zero attached hydrogens (tertiary/aromatic N) is 3. The number of benzene rings is 1. The van der Waals surface area contributed by atoms with Gasteiger partial charge in [-0.1, -0.05) is 18.2 Å². The molecule has 20 heavy (non-hydrogen) atoms. The Balaban J connectivity index is 2.13. The third-order valence-corrected chi connectivity index (χ3v) is 3.37. The average Bonchev–Trinajstić information content (AvgIpc) is 2.47. The third-order valence-electron chi connectivity index (χ3n) is 3.37. The normalized spacial score (nSPS) is 11.9. The minimum atomic E-state index is 0.252. The molecule has 0 aliphatic carbocycles. The van der Waals surface area contributed by atoms with Gasteiger partial charge in [-0.25, -0.2) is 4.98 Å². The summed E-state index contributed by atoms with van der Waals surface area (Å²) in [4.78, 5) is 10.4. The highest BCUT2D eigenvalue weighted by Crippen LogP contribution is 2.21. The van der Waals surface area contributed by atoms with Crippen LogP contribution in [0.4, 0.5) is 11.6 Å². The molecule has 0 bridgehead atoms. The molecule has 1 aromatic carbocycles. The van der Waals surface area contributed by atoms with Gasteiger partial charge in [-0.05, 0) is 25.0 Å². The van der Waals surface area contributed by atoms with Gasteiger partial charge in [-0.2, -0.15) is 0 Å². The number of ether oxygens (including phenoxy) is 1. The van der Waals surface area contributed by atoms with Crippen molar-refractivity contribution in [2.24, 2.45) is 0 Å². The zero-order valence-electron chi connectivity index (χ0n) is 12.1. The van der Waals surface area contributed by atoms with E-state index in [0.29, 0.717) is 5.82 Å². The summed E-state index contributed by atoms with van der Waals surface area (Å²) in [5.41, 5.74) is 6.85. The topological polar surface area (TPSA) is 64.3 Å². The van der Waals surface area contributed by atoms with Crippen molar-refractivity contribution in [2.45, 2.75) is 19.4 Å². The van der Waals surface area contributed by atoms with Gasteiger partial charge in [0.1, 0.15) is 17.4 Å². The molecular weight excluding hydrogens is 252 g/mol. The quantitative estimate of drug-likeness (QED) is 0.903. The number of hydrogen-bond acceptors (Lipinski definition) is 5. The van der Waals surface area contributed by atoms with E-state index < -0.39 is 0 Å². The largest absolute Gasteiger partial charge is 0.496 e. The minimum Gasteiger partial charge on any atom is -0.496 e. The van der Waals surface area contributed by atoms with Crippen LogP contribution >= 0.6 is 0 Å². The summed E-state index contributed by atoms with van der Waals surface area (Å²) in [6, 6.07) is 8.30. The van der Waals surface area contributed by atoms with Crippen molar-refractivity contribution in [1.82, 2.24) is 9.97 Å². The summed E-state index contributed by atoms with van der Waals surface area (Å²) >= 11 is 0. The fourth-order valence-electron chi connectivity index (χ4n) is 2.09. The molecule has 5 heteroatoms. The number of hydrogen-bond donors (Lipinski definition) is 1. The number of rotatable bonds is 5. The molecule has 2 rings (SSSR count). The van der Waals surface area contributed by atoms with Crippen molar-refractivity contribution < 1.29 is 4.74 Å². The Kier molecular flexibility index (Phi) is 4.40. The number of nitrogens with two attached hydrogens (primary N) is 1. The Morgan fingerprint density at radius 3 is 2.75 bits per heavy atom. The SMILES string of the molecule is COc1ccccc1CC(C)N(C)c1cncc(N)n1. The highest BCUT2D eigenvalue weighted by molar-refractivity contribution is 5.42. The molecule has 0 saturated heterocycles. The van der Waals surface area contributed by atoms with Crippen LogP contribution in [0.3, 0.4) is 0 Å². The second-order valence-corrected chi connectivity index (χ2v) is 4.78. The first-order valence-corrected chi connectivity index (χ1v) is 6.54. The van der Waals surface area contributed by atoms with Gasteiger partial charge >= 0.3 is 0 Å². The number of nitrogen functional groups attached to an aromatic ring is 1. The molecule has 0 saturated carbocycles. The van der Waals surface area contributed by atoms with E-state index in [-0.39, 0.29) is 6.04 Å². The Hall–Kier alpha value is -2.30. The number of para-hydroxylation sites is 1. The van der Waals surface area contributed by atoms with Gasteiger partial charge in [0.05, 0.1) is 19.5 Å². The van der Waals surface area contributed by atoms with Crippen LogP contribution in [-0.2, 0) is 6.42 Å². The predicted octanol–water partition coefficient (Wildman–Crippen LogP) is 2.13. The summed E-state index contributed by atoms with van der Waals surface area (Å²) in [5, 5.41) is 0. The lowest BCUT2D eigenvalue weighted by Crippen LogP contribution is -2.31. The fraction of sp³-hybridized carbons (Fsp3) is 0.333. The standard InChI is InChI=1S/C15H20N4O/c1-11(8-12-6-4-5-7-13(12)20-3)19(2)15-10-17-9-14(16)18-15/h4-7,9-11H,8H2,1-3H3,(H2,16,18). The molecule has 5 nitrogen and oxygen atoms in total. The molecule has 2 N–H and O–H groups in total. The van der Waals surface area contributed by atoms with Crippen LogP contribution in [0.5, 0.6) is 5.75 Å². The lowest BCUT2D eigenvalue weighted by atomic mass is 10.1. The van der Waals surface area contributed by atoms with E-state index in [1.807, 2.05) is 25.2 Å². The molecule has 0 fully saturated rings. The van der Waals surface area contributed by atoms with Crippen LogP contribution in [0.15, 0.2) is 36.7 Å². The summed E-state index contributed by atoms with van der Waals surface area (Å²) in [7, 11) is 3.68. The number of anilines is 2. The Morgan fingerprint density at radius 2 is 2.05 bits per heavy atom. The first-order chi connectivity index (χ1) is 9.61. The van der Waals surface area contributed by atoms with Crippen molar-refractivity contribution in [3.8, 4) is 5.75 Å². The van der Waals surface area contributed by atoms with E-state index in [9.17, 15) is 0 Å². The molecule has 1 aromatic heterocycles. The van der Waals surface area contributed by atoms with Crippen molar-refractivity contribution in [2.75, 3.05) is 24.8 Å². The van der Waals surface area contributed by atoms with Gasteiger partial charge < -0.3 is 15.4 Å². The third kappa shape index (κ3) is 3.17. The molecule has 1 unspecified atom stereocenters. The maximum atomic E-state index is 5.67. The van der Waals surface area contributed by atoms with Crippen LogP contribution in [-0.4, -0.2) is 30.2 Å². The lowest BCUT2D eigenvalue weighted by Gasteiger charge is -2.26. The van der Waals surface area contributed by atoms with Crippen molar-refractivity contribution in [3.63, 3.8) is 0 Å². The van der Waals surface area contributed by atoms with Gasteiger partial charge in [-0.3, -0.25) is 4.98 Å². The molecule has 0 aliphatic rings. The highest BCUT2D eigenvalue weighted by Gasteiger charge is 2.14. The second kappa shape index (κ2) is 6.23. The minimum absolute atomic E-state index is 0.252. The molecule has 0 amide bonds. The molecular formula is C15H20N4O. The number of aromatic nitrogens is 2. The van der Waals surface area contributed by atoms with E-state index in [0.717, 1.165) is 18.0 Å². The van der Waals surface area contributed by atoms with Gasteiger partial charge in [0.15, 0.2) is 0 Å². The van der Waals surface area contributed by atoms with Crippen LogP contribution in [0.1, 0.15) is 12.5 Å². The fourth-order valence-corrected chi connectivity index (χ4v) is 2.09. The summed E-state index contributed by atoms with van der Waals surface area (Å²) in [6.45, 7) is 2.14. The summed E-state index contributed by atoms with van der Waals surface area (Å²) < 4.78 is 5.38. The van der Waals surface area contributed by atoms with Crippen LogP contribution in [0.25, 0.3) is 0 Å². The zero-order chi connectivity index (χ0) is 14.5. The first-order valence-electron chi connectivity index (χ1n) is 6.54. The van der Waals surface area contributed by atoms with Crippen LogP contribution in [0.2, 0.25) is 0 Å². The highest BCUT2D eigenvalue weighted by atomic mass is 16.5. The smallest absolute Gasteiger partial charge is 0.149 e. The maximum absolute atomic E-state index is 5.67. The van der Waals surface area contributed by atoms with Crippen molar-refractivity contribution >= 4 is 11.6 Å². The first kappa shape index (κ1) is 14.1. The Morgan fingerprint density at radius 1 is 1.30 bits per heavy atom. The molecule has 2 aromatic rings. The van der Waals surface area contributed by atoms with Crippen LogP contribution in [0, 0.1) is 0 Å². The van der Waals surface area contributed by atoms with Crippen molar-refractivity contribution in [1.29, 1.82) is 0 Å². The predicted molar refractivity (Wildman–Crippen MR) is 81.0 cm³/mol. The van der Waals surface area contributed by atoms with Gasteiger partial charge in [0.25, 0.3) is 0 Å². The summed E-state index contributed by atoms with van der Waals surface area (Å²) in [5.74, 6) is 2.11. The van der Waals surface area contributed by atoms with Crippen molar-refractivity contribution in [3.05, 3.63) is 42.2 Å². The van der Waals surface area contributed by atoms with E-state index >= 15 is 0 Å². The molecule has 106 valence electrons. The van der Waals surface area contributed by atoms with E-state index in [1.165, 1.54) is 5.56 Å². The number of methoxy groups -OCH3 is 1. The maximum Gasteiger partial charge on any atom is 0.149 e. The van der Waals surface area contributed by atoms with E-state index in [4.69, 9.17) is 10.5 Å². The van der Waals surface area contributed by atoms with Crippen LogP contribution < -0.4 is 15.4 Å². The van der Waals surface area contributed by atoms with E-state index in [2.05, 4.69) is 27.9 Å². The number of likely N-dealkylation sites (N-methyl/N-ethyl adjacent to an activating group) is 1. The monoisotopic (exact) mass is 272 g/mol. The molecule has 1 heterocycles. The Bertz CT molecular complexity index is 573. The van der Waals surface area contributed by atoms with E-state index in [1.54, 1.807) is 19.5 Å². The molecule has 1 atom stereocenters. The van der Waals surface area contributed by atoms with Gasteiger partial charge in [0.2, 0.25) is 0 Å². The summed E-state index contributed by atoms with van der Waals surface area (Å²) in [6.07, 6.45) is 4.12. The van der Waals surface area contributed by atoms with Gasteiger partial charge in [0, 0.05) is 13.1 Å². The second-order valence-electron chi connectivity index (χ2n) is 4.78. The van der Waals surface area contributed by atoms with Gasteiger partial charge in [-0.15, -0.1) is 0 Å². The molecule has 0 spiro atoms. The molecule has 0 radical (unpaired) electrons. The molecule has 0 aliphatic heterocycles. The lowest BCUT2D eigenvalue weighted by molar-refractivity contribution is 0.408. The zero-order valence-corrected chi connectivity index (χ0v) is 12.1. The average molecular weight is 272 g/mol.